The Labute approximate surface area is 230 Å². The first-order chi connectivity index (χ1) is 17.7. The van der Waals surface area contributed by atoms with E-state index in [2.05, 4.69) is 9.88 Å². The predicted molar refractivity (Wildman–Crippen MR) is 147 cm³/mol. The van der Waals surface area contributed by atoms with E-state index in [1.54, 1.807) is 11.9 Å². The summed E-state index contributed by atoms with van der Waals surface area (Å²) in [4.78, 5) is 58.8. The van der Waals surface area contributed by atoms with Gasteiger partial charge in [-0.05, 0) is 51.6 Å². The number of ether oxygens (including phenoxy) is 1. The van der Waals surface area contributed by atoms with Gasteiger partial charge in [0.25, 0.3) is 0 Å². The van der Waals surface area contributed by atoms with Crippen LogP contribution in [0.3, 0.4) is 0 Å². The average molecular weight is 552 g/mol. The third-order valence-electron chi connectivity index (χ3n) is 8.30. The van der Waals surface area contributed by atoms with Crippen LogP contribution in [0.25, 0.3) is 0 Å². The summed E-state index contributed by atoms with van der Waals surface area (Å²) in [7, 11) is 3.73. The first-order valence-electron chi connectivity index (χ1n) is 13.6. The van der Waals surface area contributed by atoms with E-state index in [9.17, 15) is 24.3 Å². The molecule has 1 fully saturated rings. The van der Waals surface area contributed by atoms with Gasteiger partial charge in [-0.3, -0.25) is 19.3 Å². The van der Waals surface area contributed by atoms with Crippen molar-refractivity contribution in [2.75, 3.05) is 20.6 Å². The van der Waals surface area contributed by atoms with E-state index in [1.807, 2.05) is 41.7 Å². The lowest BCUT2D eigenvalue weighted by Crippen LogP contribution is -2.54. The van der Waals surface area contributed by atoms with E-state index in [0.717, 1.165) is 43.6 Å². The number of aromatic nitrogens is 1. The summed E-state index contributed by atoms with van der Waals surface area (Å²) in [5.74, 6) is -2.09. The molecule has 5 atom stereocenters. The standard InChI is InChI=1S/C28H45N3O6S/c1-9-18(4)20(14-24(33)28(6)12-10-11-13-30(28)7)26(34)31(8)22(17(2)3)15-23(37-19(5)32)25-29-21(16-38-25)27(35)36/h16-18,20,22-23H,9-15H2,1-8H3,(H,35,36)/t18-,20-,22+,23+,28-/m0/s1. The third-order valence-corrected chi connectivity index (χ3v) is 9.24. The van der Waals surface area contributed by atoms with E-state index < -0.39 is 29.5 Å². The van der Waals surface area contributed by atoms with Crippen LogP contribution in [0, 0.1) is 17.8 Å². The van der Waals surface area contributed by atoms with Crippen molar-refractivity contribution in [3.05, 3.63) is 16.1 Å². The second kappa shape index (κ2) is 13.6. The van der Waals surface area contributed by atoms with Crippen molar-refractivity contribution in [1.29, 1.82) is 0 Å². The molecule has 0 unspecified atom stereocenters. The van der Waals surface area contributed by atoms with Gasteiger partial charge in [-0.1, -0.05) is 34.1 Å². The van der Waals surface area contributed by atoms with Gasteiger partial charge in [0.1, 0.15) is 5.01 Å². The fourth-order valence-corrected chi connectivity index (χ4v) is 6.13. The molecule has 1 aliphatic heterocycles. The van der Waals surface area contributed by atoms with Crippen LogP contribution in [-0.2, 0) is 19.1 Å². The molecule has 10 heteroatoms. The van der Waals surface area contributed by atoms with Gasteiger partial charge in [0.05, 0.1) is 5.54 Å². The highest BCUT2D eigenvalue weighted by molar-refractivity contribution is 7.09. The summed E-state index contributed by atoms with van der Waals surface area (Å²) in [6.07, 6.45) is 3.31. The summed E-state index contributed by atoms with van der Waals surface area (Å²) in [5, 5.41) is 11.1. The maximum Gasteiger partial charge on any atom is 0.355 e. The first-order valence-corrected chi connectivity index (χ1v) is 14.5. The number of esters is 1. The number of hydrogen-bond acceptors (Lipinski definition) is 8. The highest BCUT2D eigenvalue weighted by Crippen LogP contribution is 2.34. The number of aromatic carboxylic acids is 1. The number of hydrogen-bond donors (Lipinski definition) is 1. The molecule has 0 bridgehead atoms. The largest absolute Gasteiger partial charge is 0.476 e. The van der Waals surface area contributed by atoms with Gasteiger partial charge < -0.3 is 14.7 Å². The second-order valence-electron chi connectivity index (χ2n) is 11.2. The minimum Gasteiger partial charge on any atom is -0.476 e. The summed E-state index contributed by atoms with van der Waals surface area (Å²) in [6.45, 7) is 12.2. The fourth-order valence-electron chi connectivity index (χ4n) is 5.30. The maximum absolute atomic E-state index is 14.0. The molecule has 0 aromatic carbocycles. The molecule has 2 rings (SSSR count). The van der Waals surface area contributed by atoms with Crippen LogP contribution in [0.4, 0.5) is 0 Å². The van der Waals surface area contributed by atoms with Crippen molar-refractivity contribution in [1.82, 2.24) is 14.8 Å². The Bertz CT molecular complexity index is 995. The number of carboxylic acid groups (broad SMARTS) is 1. The number of piperidine rings is 1. The average Bonchev–Trinajstić information content (AvgIpc) is 3.35. The number of ketones is 1. The first kappa shape index (κ1) is 31.9. The molecule has 214 valence electrons. The maximum atomic E-state index is 14.0. The molecule has 1 N–H and O–H groups in total. The molecule has 0 aliphatic carbocycles. The van der Waals surface area contributed by atoms with Gasteiger partial charge >= 0.3 is 11.9 Å². The second-order valence-corrected chi connectivity index (χ2v) is 12.1. The molecule has 9 nitrogen and oxygen atoms in total. The van der Waals surface area contributed by atoms with Crippen molar-refractivity contribution in [3.8, 4) is 0 Å². The number of Topliss-reactive ketones (excluding diaryl/α,β-unsaturated/α-hetero) is 1. The lowest BCUT2D eigenvalue weighted by molar-refractivity contribution is -0.150. The third kappa shape index (κ3) is 7.62. The number of carbonyl (C=O) groups is 4. The summed E-state index contributed by atoms with van der Waals surface area (Å²) in [5.41, 5.74) is -0.669. The van der Waals surface area contributed by atoms with Gasteiger partial charge in [0.15, 0.2) is 17.6 Å². The Balaban J connectivity index is 2.31. The number of thiazole rings is 1. The molecular formula is C28H45N3O6S. The SMILES string of the molecule is CC[C@H](C)[C@H](CC(=O)[C@]1(C)CCCCN1C)C(=O)N(C)[C@H](C[C@@H](OC(C)=O)c1nc(C(=O)O)cs1)C(C)C. The number of likely N-dealkylation sites (N-methyl/N-ethyl adjacent to an activating group) is 1. The van der Waals surface area contributed by atoms with Crippen LogP contribution in [0.5, 0.6) is 0 Å². The lowest BCUT2D eigenvalue weighted by atomic mass is 9.77. The predicted octanol–water partition coefficient (Wildman–Crippen LogP) is 4.81. The number of nitrogens with zero attached hydrogens (tertiary/aromatic N) is 3. The van der Waals surface area contributed by atoms with Gasteiger partial charge in [0, 0.05) is 44.2 Å². The number of amides is 1. The molecule has 1 saturated heterocycles. The molecule has 1 amide bonds. The Hall–Kier alpha value is -2.33. The lowest BCUT2D eigenvalue weighted by Gasteiger charge is -2.43. The van der Waals surface area contributed by atoms with Gasteiger partial charge in [-0.2, -0.15) is 0 Å². The Morgan fingerprint density at radius 2 is 1.89 bits per heavy atom. The van der Waals surface area contributed by atoms with Crippen molar-refractivity contribution >= 4 is 35.0 Å². The smallest absolute Gasteiger partial charge is 0.355 e. The van der Waals surface area contributed by atoms with Crippen LogP contribution in [0.2, 0.25) is 0 Å². The summed E-state index contributed by atoms with van der Waals surface area (Å²) in [6, 6.07) is -0.321. The zero-order valence-corrected chi connectivity index (χ0v) is 25.0. The molecule has 1 aromatic rings. The summed E-state index contributed by atoms with van der Waals surface area (Å²) >= 11 is 1.12. The molecular weight excluding hydrogens is 506 g/mol. The molecule has 0 radical (unpaired) electrons. The Morgan fingerprint density at radius 1 is 1.24 bits per heavy atom. The molecule has 2 heterocycles. The normalized spacial score (nSPS) is 21.4. The van der Waals surface area contributed by atoms with Crippen molar-refractivity contribution in [2.24, 2.45) is 17.8 Å². The van der Waals surface area contributed by atoms with E-state index in [4.69, 9.17) is 4.74 Å². The minimum absolute atomic E-state index is 0.0104. The monoisotopic (exact) mass is 551 g/mol. The highest BCUT2D eigenvalue weighted by Gasteiger charge is 2.42. The number of likely N-dealkylation sites (tertiary alicyclic amines) is 1. The van der Waals surface area contributed by atoms with Crippen LogP contribution in [0.1, 0.15) is 102 Å². The van der Waals surface area contributed by atoms with E-state index >= 15 is 0 Å². The van der Waals surface area contributed by atoms with Crippen molar-refractivity contribution in [3.63, 3.8) is 0 Å². The van der Waals surface area contributed by atoms with E-state index in [0.29, 0.717) is 5.01 Å². The minimum atomic E-state index is -1.15. The Morgan fingerprint density at radius 3 is 2.39 bits per heavy atom. The van der Waals surface area contributed by atoms with Gasteiger partial charge in [-0.15, -0.1) is 11.3 Å². The molecule has 38 heavy (non-hydrogen) atoms. The topological polar surface area (TPSA) is 117 Å². The van der Waals surface area contributed by atoms with Gasteiger partial charge in [0.2, 0.25) is 5.91 Å². The number of carbonyl (C=O) groups excluding carboxylic acids is 3. The van der Waals surface area contributed by atoms with Crippen LogP contribution in [-0.4, -0.2) is 75.7 Å². The fraction of sp³-hybridized carbons (Fsp3) is 0.750. The molecule has 1 aliphatic rings. The van der Waals surface area contributed by atoms with Crippen LogP contribution >= 0.6 is 11.3 Å². The molecule has 1 aromatic heterocycles. The molecule has 0 spiro atoms. The Kier molecular flexibility index (Phi) is 11.4. The zero-order valence-electron chi connectivity index (χ0n) is 24.2. The van der Waals surface area contributed by atoms with Crippen molar-refractivity contribution < 1.29 is 29.0 Å². The van der Waals surface area contributed by atoms with Crippen LogP contribution in [0.15, 0.2) is 5.38 Å². The molecule has 0 saturated carbocycles. The highest BCUT2D eigenvalue weighted by atomic mass is 32.1. The van der Waals surface area contributed by atoms with E-state index in [1.165, 1.54) is 12.3 Å². The number of carboxylic acids is 1. The number of rotatable bonds is 13. The summed E-state index contributed by atoms with van der Waals surface area (Å²) < 4.78 is 5.56. The van der Waals surface area contributed by atoms with Crippen molar-refractivity contribution in [2.45, 2.75) is 97.8 Å². The zero-order chi connectivity index (χ0) is 28.8. The van der Waals surface area contributed by atoms with E-state index in [-0.39, 0.29) is 48.1 Å². The van der Waals surface area contributed by atoms with Crippen LogP contribution < -0.4 is 0 Å². The van der Waals surface area contributed by atoms with Gasteiger partial charge in [-0.25, -0.2) is 9.78 Å². The quantitative estimate of drug-likeness (QED) is 0.347.